The summed E-state index contributed by atoms with van der Waals surface area (Å²) in [5.74, 6) is 0. The van der Waals surface area contributed by atoms with E-state index in [9.17, 15) is 0 Å². The SMILES string of the molecule is CN1CCO[C@@H](c2ccc(Br)cc2)C1. The highest BCUT2D eigenvalue weighted by Gasteiger charge is 2.18. The van der Waals surface area contributed by atoms with Crippen molar-refractivity contribution in [1.82, 2.24) is 4.90 Å². The Morgan fingerprint density at radius 2 is 2.07 bits per heavy atom. The lowest BCUT2D eigenvalue weighted by Gasteiger charge is -2.30. The van der Waals surface area contributed by atoms with Gasteiger partial charge in [0.1, 0.15) is 0 Å². The Morgan fingerprint density at radius 3 is 2.71 bits per heavy atom. The molecule has 3 heteroatoms. The molecule has 1 atom stereocenters. The molecule has 2 rings (SSSR count). The highest BCUT2D eigenvalue weighted by atomic mass is 79.9. The number of nitrogens with zero attached hydrogens (tertiary/aromatic N) is 1. The standard InChI is InChI=1S/C11H14BrNO/c1-13-6-7-14-11(8-13)9-2-4-10(12)5-3-9/h2-5,11H,6-8H2,1H3/t11-/m1/s1. The number of rotatable bonds is 1. The molecule has 0 saturated carbocycles. The zero-order valence-corrected chi connectivity index (χ0v) is 9.83. The first-order valence-corrected chi connectivity index (χ1v) is 5.60. The van der Waals surface area contributed by atoms with Crippen molar-refractivity contribution in [2.75, 3.05) is 26.7 Å². The monoisotopic (exact) mass is 255 g/mol. The van der Waals surface area contributed by atoms with E-state index in [4.69, 9.17) is 4.74 Å². The largest absolute Gasteiger partial charge is 0.371 e. The summed E-state index contributed by atoms with van der Waals surface area (Å²) in [5.41, 5.74) is 1.26. The third kappa shape index (κ3) is 2.35. The van der Waals surface area contributed by atoms with Crippen molar-refractivity contribution in [3.63, 3.8) is 0 Å². The average molecular weight is 256 g/mol. The third-order valence-electron chi connectivity index (χ3n) is 2.51. The summed E-state index contributed by atoms with van der Waals surface area (Å²) in [6.07, 6.45) is 0.238. The minimum absolute atomic E-state index is 0.238. The maximum Gasteiger partial charge on any atom is 0.0952 e. The zero-order chi connectivity index (χ0) is 9.97. The van der Waals surface area contributed by atoms with Crippen molar-refractivity contribution in [3.05, 3.63) is 34.3 Å². The van der Waals surface area contributed by atoms with Gasteiger partial charge in [0.15, 0.2) is 0 Å². The van der Waals surface area contributed by atoms with Crippen molar-refractivity contribution in [1.29, 1.82) is 0 Å². The Morgan fingerprint density at radius 1 is 1.36 bits per heavy atom. The number of ether oxygens (including phenoxy) is 1. The molecule has 0 amide bonds. The van der Waals surface area contributed by atoms with Gasteiger partial charge in [0.2, 0.25) is 0 Å². The molecular formula is C11H14BrNO. The van der Waals surface area contributed by atoms with Gasteiger partial charge in [-0.05, 0) is 24.7 Å². The van der Waals surface area contributed by atoms with Crippen LogP contribution in [0.25, 0.3) is 0 Å². The van der Waals surface area contributed by atoms with E-state index >= 15 is 0 Å². The quantitative estimate of drug-likeness (QED) is 0.765. The molecular weight excluding hydrogens is 242 g/mol. The van der Waals surface area contributed by atoms with Crippen LogP contribution in [-0.4, -0.2) is 31.6 Å². The molecule has 0 aromatic heterocycles. The van der Waals surface area contributed by atoms with Crippen LogP contribution in [0.4, 0.5) is 0 Å². The molecule has 1 aliphatic heterocycles. The Balaban J connectivity index is 2.10. The average Bonchev–Trinajstić information content (AvgIpc) is 2.19. The van der Waals surface area contributed by atoms with Crippen molar-refractivity contribution >= 4 is 15.9 Å². The number of benzene rings is 1. The van der Waals surface area contributed by atoms with Gasteiger partial charge in [-0.25, -0.2) is 0 Å². The molecule has 0 N–H and O–H groups in total. The second kappa shape index (κ2) is 4.43. The number of morpholine rings is 1. The number of hydrogen-bond donors (Lipinski definition) is 0. The molecule has 14 heavy (non-hydrogen) atoms. The van der Waals surface area contributed by atoms with E-state index in [2.05, 4.69) is 52.1 Å². The summed E-state index contributed by atoms with van der Waals surface area (Å²) in [6, 6.07) is 8.36. The molecule has 2 nitrogen and oxygen atoms in total. The third-order valence-corrected chi connectivity index (χ3v) is 3.04. The van der Waals surface area contributed by atoms with Crippen molar-refractivity contribution in [2.45, 2.75) is 6.10 Å². The molecule has 1 aromatic carbocycles. The lowest BCUT2D eigenvalue weighted by Crippen LogP contribution is -2.35. The van der Waals surface area contributed by atoms with Crippen molar-refractivity contribution in [3.8, 4) is 0 Å². The fourth-order valence-corrected chi connectivity index (χ4v) is 1.92. The van der Waals surface area contributed by atoms with Gasteiger partial charge >= 0.3 is 0 Å². The second-order valence-electron chi connectivity index (χ2n) is 3.67. The van der Waals surface area contributed by atoms with Crippen LogP contribution in [0.3, 0.4) is 0 Å². The maximum absolute atomic E-state index is 5.72. The van der Waals surface area contributed by atoms with Crippen molar-refractivity contribution in [2.24, 2.45) is 0 Å². The van der Waals surface area contributed by atoms with Gasteiger partial charge in [-0.3, -0.25) is 0 Å². The van der Waals surface area contributed by atoms with Crippen LogP contribution in [-0.2, 0) is 4.74 Å². The maximum atomic E-state index is 5.72. The number of likely N-dealkylation sites (N-methyl/N-ethyl adjacent to an activating group) is 1. The van der Waals surface area contributed by atoms with Gasteiger partial charge in [0.25, 0.3) is 0 Å². The molecule has 0 unspecified atom stereocenters. The first-order chi connectivity index (χ1) is 6.75. The van der Waals surface area contributed by atoms with Gasteiger partial charge < -0.3 is 9.64 Å². The lowest BCUT2D eigenvalue weighted by atomic mass is 10.1. The minimum Gasteiger partial charge on any atom is -0.371 e. The van der Waals surface area contributed by atoms with Crippen LogP contribution < -0.4 is 0 Å². The van der Waals surface area contributed by atoms with Crippen LogP contribution in [0.2, 0.25) is 0 Å². The first-order valence-electron chi connectivity index (χ1n) is 4.81. The molecule has 0 spiro atoms. The Kier molecular flexibility index (Phi) is 3.21. The van der Waals surface area contributed by atoms with E-state index in [0.717, 1.165) is 24.2 Å². The van der Waals surface area contributed by atoms with Gasteiger partial charge in [0.05, 0.1) is 12.7 Å². The summed E-state index contributed by atoms with van der Waals surface area (Å²) in [7, 11) is 2.13. The summed E-state index contributed by atoms with van der Waals surface area (Å²) < 4.78 is 6.83. The van der Waals surface area contributed by atoms with Crippen LogP contribution in [0, 0.1) is 0 Å². The summed E-state index contributed by atoms with van der Waals surface area (Å²) in [4.78, 5) is 2.30. The highest BCUT2D eigenvalue weighted by Crippen LogP contribution is 2.22. The Bertz CT molecular complexity index is 299. The van der Waals surface area contributed by atoms with Gasteiger partial charge in [-0.2, -0.15) is 0 Å². The fraction of sp³-hybridized carbons (Fsp3) is 0.455. The normalized spacial score (nSPS) is 23.7. The second-order valence-corrected chi connectivity index (χ2v) is 4.59. The van der Waals surface area contributed by atoms with E-state index < -0.39 is 0 Å². The van der Waals surface area contributed by atoms with E-state index in [1.54, 1.807) is 0 Å². The topological polar surface area (TPSA) is 12.5 Å². The van der Waals surface area contributed by atoms with E-state index in [1.165, 1.54) is 5.56 Å². The summed E-state index contributed by atoms with van der Waals surface area (Å²) >= 11 is 3.43. The molecule has 1 heterocycles. The summed E-state index contributed by atoms with van der Waals surface area (Å²) in [5, 5.41) is 0. The van der Waals surface area contributed by atoms with E-state index in [0.29, 0.717) is 0 Å². The molecule has 0 aliphatic carbocycles. The first kappa shape index (κ1) is 10.1. The zero-order valence-electron chi connectivity index (χ0n) is 8.24. The Labute approximate surface area is 93.0 Å². The smallest absolute Gasteiger partial charge is 0.0952 e. The van der Waals surface area contributed by atoms with Crippen molar-refractivity contribution < 1.29 is 4.74 Å². The molecule has 1 fully saturated rings. The molecule has 1 saturated heterocycles. The summed E-state index contributed by atoms with van der Waals surface area (Å²) in [6.45, 7) is 2.85. The minimum atomic E-state index is 0.238. The molecule has 76 valence electrons. The van der Waals surface area contributed by atoms with Gasteiger partial charge in [0, 0.05) is 17.6 Å². The predicted octanol–water partition coefficient (Wildman–Crippen LogP) is 2.45. The van der Waals surface area contributed by atoms with Gasteiger partial charge in [-0.15, -0.1) is 0 Å². The van der Waals surface area contributed by atoms with E-state index in [1.807, 2.05) is 0 Å². The molecule has 0 radical (unpaired) electrons. The fourth-order valence-electron chi connectivity index (χ4n) is 1.66. The van der Waals surface area contributed by atoms with E-state index in [-0.39, 0.29) is 6.10 Å². The van der Waals surface area contributed by atoms with Crippen LogP contribution in [0.1, 0.15) is 11.7 Å². The number of hydrogen-bond acceptors (Lipinski definition) is 2. The predicted molar refractivity (Wildman–Crippen MR) is 60.3 cm³/mol. The van der Waals surface area contributed by atoms with Crippen LogP contribution in [0.15, 0.2) is 28.7 Å². The Hall–Kier alpha value is -0.380. The molecule has 1 aromatic rings. The molecule has 0 bridgehead atoms. The van der Waals surface area contributed by atoms with Crippen LogP contribution >= 0.6 is 15.9 Å². The van der Waals surface area contributed by atoms with Gasteiger partial charge in [-0.1, -0.05) is 28.1 Å². The van der Waals surface area contributed by atoms with Crippen LogP contribution in [0.5, 0.6) is 0 Å². The highest BCUT2D eigenvalue weighted by molar-refractivity contribution is 9.10. The number of halogens is 1. The lowest BCUT2D eigenvalue weighted by molar-refractivity contribution is -0.0209. The molecule has 1 aliphatic rings.